The maximum Gasteiger partial charge on any atom is 0.224 e. The average Bonchev–Trinajstić information content (AvgIpc) is 3.18. The fraction of sp³-hybridized carbons (Fsp3) is 0.545. The lowest BCUT2D eigenvalue weighted by Gasteiger charge is -2.09. The van der Waals surface area contributed by atoms with Gasteiger partial charge in [-0.2, -0.15) is 0 Å². The Morgan fingerprint density at radius 2 is 0.947 bits per heavy atom. The van der Waals surface area contributed by atoms with E-state index in [4.69, 9.17) is 0 Å². The van der Waals surface area contributed by atoms with Crippen LogP contribution in [-0.2, 0) is 9.59 Å². The first-order valence-corrected chi connectivity index (χ1v) is 15.0. The number of fused-ring (bicyclic) bond motifs is 3. The minimum absolute atomic E-state index is 0.00701. The minimum atomic E-state index is -0.0425. The number of amides is 2. The Labute approximate surface area is 229 Å². The first-order valence-electron chi connectivity index (χ1n) is 15.0. The van der Waals surface area contributed by atoms with E-state index in [0.717, 1.165) is 36.8 Å². The molecule has 206 valence electrons. The van der Waals surface area contributed by atoms with Gasteiger partial charge in [0.1, 0.15) is 0 Å². The lowest BCUT2D eigenvalue weighted by atomic mass is 10.0. The third-order valence-corrected chi connectivity index (χ3v) is 7.40. The van der Waals surface area contributed by atoms with Gasteiger partial charge in [-0.15, -0.1) is 0 Å². The molecule has 2 aromatic carbocycles. The highest BCUT2D eigenvalue weighted by Crippen LogP contribution is 2.39. The molecule has 5 nitrogen and oxygen atoms in total. The monoisotopic (exact) mass is 518 g/mol. The number of hydrogen-bond acceptors (Lipinski definition) is 3. The number of benzene rings is 2. The van der Waals surface area contributed by atoms with E-state index < -0.39 is 0 Å². The second kappa shape index (κ2) is 16.1. The van der Waals surface area contributed by atoms with Crippen LogP contribution in [0.25, 0.3) is 11.1 Å². The van der Waals surface area contributed by atoms with Crippen LogP contribution in [0.5, 0.6) is 0 Å². The molecule has 38 heavy (non-hydrogen) atoms. The van der Waals surface area contributed by atoms with Crippen molar-refractivity contribution in [2.75, 3.05) is 10.6 Å². The number of anilines is 2. The predicted molar refractivity (Wildman–Crippen MR) is 158 cm³/mol. The fourth-order valence-corrected chi connectivity index (χ4v) is 5.16. The summed E-state index contributed by atoms with van der Waals surface area (Å²) in [4.78, 5) is 37.9. The van der Waals surface area contributed by atoms with Crippen molar-refractivity contribution in [1.82, 2.24) is 0 Å². The van der Waals surface area contributed by atoms with Gasteiger partial charge in [0.05, 0.1) is 0 Å². The smallest absolute Gasteiger partial charge is 0.224 e. The third-order valence-electron chi connectivity index (χ3n) is 7.40. The summed E-state index contributed by atoms with van der Waals surface area (Å²) >= 11 is 0. The summed E-state index contributed by atoms with van der Waals surface area (Å²) in [5.74, 6) is -0.0337. The second-order valence-electron chi connectivity index (χ2n) is 10.7. The lowest BCUT2D eigenvalue weighted by Crippen LogP contribution is -2.11. The molecule has 1 aliphatic rings. The number of ketones is 1. The molecule has 5 heteroatoms. The van der Waals surface area contributed by atoms with Crippen molar-refractivity contribution in [1.29, 1.82) is 0 Å². The molecule has 0 bridgehead atoms. The van der Waals surface area contributed by atoms with Crippen molar-refractivity contribution < 1.29 is 14.4 Å². The SMILES string of the molecule is CCCCCCCCCC(=O)Nc1ccc2c(c1)C(=O)c1ccc(NC(=O)CCCCCCCCC)cc1-2. The summed E-state index contributed by atoms with van der Waals surface area (Å²) in [6.45, 7) is 4.43. The Morgan fingerprint density at radius 1 is 0.526 bits per heavy atom. The molecule has 0 spiro atoms. The third kappa shape index (κ3) is 9.11. The van der Waals surface area contributed by atoms with Crippen LogP contribution in [0, 0.1) is 0 Å². The molecule has 0 atom stereocenters. The van der Waals surface area contributed by atoms with Crippen LogP contribution in [0.1, 0.15) is 133 Å². The zero-order valence-corrected chi connectivity index (χ0v) is 23.5. The number of hydrogen-bond donors (Lipinski definition) is 2. The first kappa shape index (κ1) is 29.6. The Bertz CT molecular complexity index is 1080. The minimum Gasteiger partial charge on any atom is -0.326 e. The molecule has 0 aromatic heterocycles. The number of carbonyl (C=O) groups excluding carboxylic acids is 3. The second-order valence-corrected chi connectivity index (χ2v) is 10.7. The van der Waals surface area contributed by atoms with Gasteiger partial charge in [0.25, 0.3) is 0 Å². The molecule has 0 unspecified atom stereocenters. The van der Waals surface area contributed by atoms with Crippen LogP contribution in [0.2, 0.25) is 0 Å². The van der Waals surface area contributed by atoms with E-state index in [0.29, 0.717) is 35.3 Å². The molecule has 3 rings (SSSR count). The molecule has 0 heterocycles. The van der Waals surface area contributed by atoms with Crippen LogP contribution in [0.15, 0.2) is 36.4 Å². The van der Waals surface area contributed by atoms with Gasteiger partial charge >= 0.3 is 0 Å². The summed E-state index contributed by atoms with van der Waals surface area (Å²) in [7, 11) is 0. The number of rotatable bonds is 18. The highest BCUT2D eigenvalue weighted by molar-refractivity contribution is 6.22. The molecule has 0 saturated carbocycles. The van der Waals surface area contributed by atoms with Crippen LogP contribution in [0.4, 0.5) is 11.4 Å². The molecular weight excluding hydrogens is 472 g/mol. The molecule has 2 aromatic rings. The zero-order chi connectivity index (χ0) is 27.2. The zero-order valence-electron chi connectivity index (χ0n) is 23.5. The van der Waals surface area contributed by atoms with Crippen molar-refractivity contribution in [3.63, 3.8) is 0 Å². The van der Waals surface area contributed by atoms with Gasteiger partial charge in [0.15, 0.2) is 5.78 Å². The normalized spacial score (nSPS) is 11.8. The van der Waals surface area contributed by atoms with E-state index in [1.165, 1.54) is 64.2 Å². The number of unbranched alkanes of at least 4 members (excludes halogenated alkanes) is 12. The van der Waals surface area contributed by atoms with Crippen LogP contribution >= 0.6 is 0 Å². The molecule has 2 N–H and O–H groups in total. The molecule has 0 fully saturated rings. The maximum absolute atomic E-state index is 13.0. The average molecular weight is 519 g/mol. The van der Waals surface area contributed by atoms with Crippen molar-refractivity contribution >= 4 is 29.0 Å². The maximum atomic E-state index is 13.0. The molecule has 1 aliphatic carbocycles. The summed E-state index contributed by atoms with van der Waals surface area (Å²) in [6, 6.07) is 11.0. The Hall–Kier alpha value is -2.95. The Balaban J connectivity index is 1.49. The number of nitrogens with one attached hydrogen (secondary N) is 2. The molecule has 0 saturated heterocycles. The molecular formula is C33H46N2O3. The van der Waals surface area contributed by atoms with E-state index in [2.05, 4.69) is 24.5 Å². The van der Waals surface area contributed by atoms with Crippen LogP contribution < -0.4 is 10.6 Å². The summed E-state index contributed by atoms with van der Waals surface area (Å²) in [6.07, 6.45) is 17.5. The van der Waals surface area contributed by atoms with Crippen molar-refractivity contribution in [3.8, 4) is 11.1 Å². The standard InChI is InChI=1S/C33H46N2O3/c1-3-5-7-9-11-13-15-17-31(36)34-25-20-22-28-29(23-25)27-21-19-26(24-30(27)33(28)38)35-32(37)18-16-14-12-10-8-6-4-2/h19-24H,3-18H2,1-2H3,(H,34,36)(H,35,37). The highest BCUT2D eigenvalue weighted by Gasteiger charge is 2.27. The van der Waals surface area contributed by atoms with Gasteiger partial charge in [0, 0.05) is 35.3 Å². The Kier molecular flexibility index (Phi) is 12.5. The first-order chi connectivity index (χ1) is 18.5. The van der Waals surface area contributed by atoms with Crippen molar-refractivity contribution in [2.24, 2.45) is 0 Å². The van der Waals surface area contributed by atoms with E-state index >= 15 is 0 Å². The quantitative estimate of drug-likeness (QED) is 0.165. The van der Waals surface area contributed by atoms with Crippen molar-refractivity contribution in [2.45, 2.75) is 117 Å². The van der Waals surface area contributed by atoms with Gasteiger partial charge in [-0.25, -0.2) is 0 Å². The fourth-order valence-electron chi connectivity index (χ4n) is 5.16. The van der Waals surface area contributed by atoms with E-state index in [9.17, 15) is 14.4 Å². The summed E-state index contributed by atoms with van der Waals surface area (Å²) < 4.78 is 0. The highest BCUT2D eigenvalue weighted by atomic mass is 16.2. The van der Waals surface area contributed by atoms with Gasteiger partial charge in [-0.3, -0.25) is 14.4 Å². The lowest BCUT2D eigenvalue weighted by molar-refractivity contribution is -0.117. The van der Waals surface area contributed by atoms with E-state index in [1.807, 2.05) is 18.2 Å². The Morgan fingerprint density at radius 3 is 1.45 bits per heavy atom. The molecule has 0 radical (unpaired) electrons. The van der Waals surface area contributed by atoms with E-state index in [-0.39, 0.29) is 17.6 Å². The molecule has 2 amide bonds. The van der Waals surface area contributed by atoms with Gasteiger partial charge in [0.2, 0.25) is 11.8 Å². The summed E-state index contributed by atoms with van der Waals surface area (Å²) in [5, 5.41) is 5.95. The largest absolute Gasteiger partial charge is 0.326 e. The predicted octanol–water partition coefficient (Wildman–Crippen LogP) is 9.06. The number of carbonyl (C=O) groups is 3. The van der Waals surface area contributed by atoms with Gasteiger partial charge in [-0.05, 0) is 54.3 Å². The van der Waals surface area contributed by atoms with Crippen LogP contribution in [0.3, 0.4) is 0 Å². The van der Waals surface area contributed by atoms with Gasteiger partial charge < -0.3 is 10.6 Å². The topological polar surface area (TPSA) is 75.3 Å². The van der Waals surface area contributed by atoms with Gasteiger partial charge in [-0.1, -0.05) is 97.0 Å². The van der Waals surface area contributed by atoms with Crippen molar-refractivity contribution in [3.05, 3.63) is 47.5 Å². The molecule has 0 aliphatic heterocycles. The van der Waals surface area contributed by atoms with E-state index in [1.54, 1.807) is 18.2 Å². The van der Waals surface area contributed by atoms with Crippen LogP contribution in [-0.4, -0.2) is 17.6 Å². The summed E-state index contributed by atoms with van der Waals surface area (Å²) in [5.41, 5.74) is 4.28.